The van der Waals surface area contributed by atoms with Gasteiger partial charge in [0, 0.05) is 62.2 Å². The van der Waals surface area contributed by atoms with Crippen LogP contribution in [0.3, 0.4) is 0 Å². The van der Waals surface area contributed by atoms with Crippen LogP contribution in [-0.4, -0.2) is 96.0 Å². The third kappa shape index (κ3) is 8.04. The average molecular weight is 804 g/mol. The molecular formula is C42H45ClF3N7O4. The van der Waals surface area contributed by atoms with Gasteiger partial charge in [0.05, 0.1) is 17.2 Å². The Balaban J connectivity index is 0.818. The summed E-state index contributed by atoms with van der Waals surface area (Å²) in [6, 6.07) is 8.09. The maximum Gasteiger partial charge on any atom is 0.255 e. The Morgan fingerprint density at radius 1 is 0.912 bits per heavy atom. The third-order valence-electron chi connectivity index (χ3n) is 11.7. The molecule has 4 aliphatic rings. The highest BCUT2D eigenvalue weighted by atomic mass is 35.5. The van der Waals surface area contributed by atoms with Crippen molar-refractivity contribution in [3.63, 3.8) is 0 Å². The van der Waals surface area contributed by atoms with Crippen molar-refractivity contribution < 1.29 is 32.3 Å². The van der Waals surface area contributed by atoms with Crippen LogP contribution in [0.25, 0.3) is 22.0 Å². The molecule has 2 unspecified atom stereocenters. The Kier molecular flexibility index (Phi) is 11.6. The zero-order valence-corrected chi connectivity index (χ0v) is 32.4. The van der Waals surface area contributed by atoms with Crippen LogP contribution in [0.15, 0.2) is 42.7 Å². The summed E-state index contributed by atoms with van der Waals surface area (Å²) in [6.45, 7) is 6.07. The first-order valence-electron chi connectivity index (χ1n) is 19.9. The molecule has 3 amide bonds. The molecule has 0 aliphatic carbocycles. The second-order valence-corrected chi connectivity index (χ2v) is 15.7. The van der Waals surface area contributed by atoms with Crippen LogP contribution < -0.4 is 20.3 Å². The van der Waals surface area contributed by atoms with Crippen molar-refractivity contribution in [2.45, 2.75) is 69.9 Å². The highest BCUT2D eigenvalue weighted by Gasteiger charge is 2.41. The maximum atomic E-state index is 16.2. The first kappa shape index (κ1) is 39.1. The van der Waals surface area contributed by atoms with Crippen molar-refractivity contribution >= 4 is 46.0 Å². The zero-order chi connectivity index (χ0) is 39.6. The minimum Gasteiger partial charge on any atom is -0.493 e. The molecule has 57 heavy (non-hydrogen) atoms. The number of ether oxygens (including phenoxy) is 1. The number of carbonyl (C=O) groups is 3. The summed E-state index contributed by atoms with van der Waals surface area (Å²) in [4.78, 5) is 52.0. The number of carbonyl (C=O) groups excluding carboxylic acids is 3. The van der Waals surface area contributed by atoms with E-state index in [0.717, 1.165) is 82.4 Å². The lowest BCUT2D eigenvalue weighted by Gasteiger charge is -2.29. The highest BCUT2D eigenvalue weighted by Crippen LogP contribution is 2.43. The number of nitrogens with one attached hydrogen (secondary N) is 2. The van der Waals surface area contributed by atoms with Gasteiger partial charge in [-0.3, -0.25) is 19.7 Å². The molecule has 0 radical (unpaired) electrons. The van der Waals surface area contributed by atoms with E-state index in [2.05, 4.69) is 30.4 Å². The number of hydrogen-bond donors (Lipinski definition) is 2. The number of amides is 3. The number of unbranched alkanes of at least 4 members (excludes halogenated alkanes) is 4. The molecule has 3 saturated heterocycles. The highest BCUT2D eigenvalue weighted by molar-refractivity contribution is 6.34. The first-order chi connectivity index (χ1) is 27.7. The van der Waals surface area contributed by atoms with E-state index in [9.17, 15) is 18.8 Å². The van der Waals surface area contributed by atoms with E-state index in [4.69, 9.17) is 16.3 Å². The predicted octanol–water partition coefficient (Wildman–Crippen LogP) is 6.36. The third-order valence-corrected chi connectivity index (χ3v) is 12.0. The van der Waals surface area contributed by atoms with Crippen LogP contribution >= 0.6 is 11.6 Å². The van der Waals surface area contributed by atoms with Crippen molar-refractivity contribution in [3.8, 4) is 16.9 Å². The number of halogens is 4. The van der Waals surface area contributed by atoms with Gasteiger partial charge in [-0.05, 0) is 86.1 Å². The molecule has 4 aliphatic heterocycles. The van der Waals surface area contributed by atoms with E-state index >= 15 is 8.78 Å². The Morgan fingerprint density at radius 3 is 2.54 bits per heavy atom. The average Bonchev–Trinajstić information content (AvgIpc) is 3.81. The Bertz CT molecular complexity index is 2200. The van der Waals surface area contributed by atoms with Crippen LogP contribution in [-0.2, 0) is 16.1 Å². The monoisotopic (exact) mass is 803 g/mol. The molecule has 15 heteroatoms. The van der Waals surface area contributed by atoms with Crippen molar-refractivity contribution in [3.05, 3.63) is 81.9 Å². The minimum absolute atomic E-state index is 0.0328. The number of piperazine rings is 1. The lowest BCUT2D eigenvalue weighted by molar-refractivity contribution is -0.136. The Labute approximate surface area is 333 Å². The summed E-state index contributed by atoms with van der Waals surface area (Å²) in [5.74, 6) is -2.13. The van der Waals surface area contributed by atoms with E-state index in [0.29, 0.717) is 36.5 Å². The summed E-state index contributed by atoms with van der Waals surface area (Å²) in [6.07, 6.45) is 7.21. The molecule has 3 fully saturated rings. The molecule has 1 aromatic heterocycles. The van der Waals surface area contributed by atoms with Gasteiger partial charge in [-0.2, -0.15) is 0 Å². The van der Waals surface area contributed by atoms with E-state index in [-0.39, 0.29) is 64.5 Å². The van der Waals surface area contributed by atoms with Crippen LogP contribution in [0, 0.1) is 17.5 Å². The van der Waals surface area contributed by atoms with Gasteiger partial charge in [0.25, 0.3) is 5.91 Å². The minimum atomic E-state index is -0.740. The summed E-state index contributed by atoms with van der Waals surface area (Å²) in [7, 11) is 0. The summed E-state index contributed by atoms with van der Waals surface area (Å²) >= 11 is 6.69. The summed E-state index contributed by atoms with van der Waals surface area (Å²) in [5, 5.41) is 6.14. The number of nitrogens with zero attached hydrogens (tertiary/aromatic N) is 5. The van der Waals surface area contributed by atoms with Crippen molar-refractivity contribution in [1.29, 1.82) is 0 Å². The van der Waals surface area contributed by atoms with E-state index in [1.54, 1.807) is 12.1 Å². The van der Waals surface area contributed by atoms with Gasteiger partial charge >= 0.3 is 0 Å². The molecule has 8 rings (SSSR count). The second-order valence-electron chi connectivity index (χ2n) is 15.3. The van der Waals surface area contributed by atoms with E-state index in [1.807, 2.05) is 0 Å². The molecule has 2 N–H and O–H groups in total. The molecule has 5 heterocycles. The quantitative estimate of drug-likeness (QED) is 0.118. The molecule has 11 nitrogen and oxygen atoms in total. The number of rotatable bonds is 13. The fourth-order valence-electron chi connectivity index (χ4n) is 8.80. The van der Waals surface area contributed by atoms with Crippen LogP contribution in [0.4, 0.5) is 19.0 Å². The second kappa shape index (κ2) is 17.0. The molecular weight excluding hydrogens is 759 g/mol. The van der Waals surface area contributed by atoms with Crippen LogP contribution in [0.1, 0.15) is 78.8 Å². The summed E-state index contributed by atoms with van der Waals surface area (Å²) in [5.41, 5.74) is 1.88. The lowest BCUT2D eigenvalue weighted by atomic mass is 9.91. The number of hydrogen-bond acceptors (Lipinski definition) is 9. The van der Waals surface area contributed by atoms with Crippen molar-refractivity contribution in [1.82, 2.24) is 30.4 Å². The van der Waals surface area contributed by atoms with Crippen LogP contribution in [0.2, 0.25) is 5.02 Å². The molecule has 0 spiro atoms. The number of anilines is 1. The van der Waals surface area contributed by atoms with Gasteiger partial charge in [0.1, 0.15) is 41.1 Å². The molecule has 0 saturated carbocycles. The van der Waals surface area contributed by atoms with Gasteiger partial charge in [-0.1, -0.05) is 36.9 Å². The lowest BCUT2D eigenvalue weighted by Crippen LogP contribution is -2.52. The van der Waals surface area contributed by atoms with Crippen molar-refractivity contribution in [2.24, 2.45) is 0 Å². The molecule has 3 aromatic carbocycles. The Morgan fingerprint density at radius 2 is 1.72 bits per heavy atom. The number of benzene rings is 3. The smallest absolute Gasteiger partial charge is 0.255 e. The van der Waals surface area contributed by atoms with E-state index < -0.39 is 29.4 Å². The number of likely N-dealkylation sites (tertiary alicyclic amines) is 1. The van der Waals surface area contributed by atoms with E-state index in [1.165, 1.54) is 35.5 Å². The number of aromatic nitrogens is 2. The van der Waals surface area contributed by atoms with Crippen molar-refractivity contribution in [2.75, 3.05) is 57.3 Å². The molecule has 0 bridgehead atoms. The largest absolute Gasteiger partial charge is 0.493 e. The number of piperidine rings is 1. The topological polar surface area (TPSA) is 120 Å². The molecule has 2 atom stereocenters. The van der Waals surface area contributed by atoms with Gasteiger partial charge in [-0.15, -0.1) is 0 Å². The number of fused-ring (bicyclic) bond motifs is 2. The summed E-state index contributed by atoms with van der Waals surface area (Å²) < 4.78 is 52.5. The fourth-order valence-corrected chi connectivity index (χ4v) is 9.08. The predicted molar refractivity (Wildman–Crippen MR) is 210 cm³/mol. The molecule has 300 valence electrons. The zero-order valence-electron chi connectivity index (χ0n) is 31.6. The fraction of sp³-hybridized carbons (Fsp3) is 0.452. The SMILES string of the molecule is O=C1CCC(N2Cc3c(cc(F)cc3C3CCN(CCCCCCCOc4cccc(F)c4-c4c(Cl)cc5c(N6CCNCC6)ncnc5c4F)C3)C2=O)C(=O)N1. The van der Waals surface area contributed by atoms with Gasteiger partial charge in [0.2, 0.25) is 11.8 Å². The normalized spacial score (nSPS) is 20.1. The standard InChI is InChI=1S/C42H45ClF3N7O4/c43-31-21-29-39(48-24-49-40(29)52-16-12-47-13-17-52)38(46)36(31)37-32(45)7-6-8-34(37)57-18-5-3-1-2-4-14-51-15-11-25(22-51)27-19-26(44)20-28-30(27)23-53(42(28)56)33-9-10-35(54)50-41(33)55/h6-8,19-21,24-25,33,47H,1-5,9-18,22-23H2,(H,50,54,55). The van der Waals surface area contributed by atoms with Gasteiger partial charge in [0.15, 0.2) is 5.82 Å². The number of imide groups is 1. The Hall–Kier alpha value is -4.79. The first-order valence-corrected chi connectivity index (χ1v) is 20.2. The molecule has 4 aromatic rings. The van der Waals surface area contributed by atoms with Gasteiger partial charge in [-0.25, -0.2) is 23.1 Å². The van der Waals surface area contributed by atoms with Gasteiger partial charge < -0.3 is 24.8 Å². The van der Waals surface area contributed by atoms with Crippen LogP contribution in [0.5, 0.6) is 5.75 Å². The maximum absolute atomic E-state index is 16.2.